The number of carbonyl (C=O) groups is 1. The largest absolute Gasteiger partial charge is 0.371 e. The van der Waals surface area contributed by atoms with Gasteiger partial charge in [0.2, 0.25) is 5.91 Å². The molecule has 0 bridgehead atoms. The predicted molar refractivity (Wildman–Crippen MR) is 80.3 cm³/mol. The van der Waals surface area contributed by atoms with E-state index in [4.69, 9.17) is 4.74 Å². The number of nitrogens with zero attached hydrogens (tertiary/aromatic N) is 1. The van der Waals surface area contributed by atoms with Crippen LogP contribution < -0.4 is 0 Å². The van der Waals surface area contributed by atoms with Gasteiger partial charge in [-0.25, -0.2) is 0 Å². The van der Waals surface area contributed by atoms with E-state index in [9.17, 15) is 4.79 Å². The Hall–Kier alpha value is -1.35. The third kappa shape index (κ3) is 4.64. The van der Waals surface area contributed by atoms with Crippen molar-refractivity contribution in [2.45, 2.75) is 45.7 Å². The first kappa shape index (κ1) is 15.0. The van der Waals surface area contributed by atoms with Crippen LogP contribution in [0.1, 0.15) is 38.7 Å². The topological polar surface area (TPSA) is 29.5 Å². The summed E-state index contributed by atoms with van der Waals surface area (Å²) in [5, 5.41) is 0. The van der Waals surface area contributed by atoms with Gasteiger partial charge in [0, 0.05) is 12.6 Å². The first-order valence-electron chi connectivity index (χ1n) is 7.61. The first-order chi connectivity index (χ1) is 9.70. The van der Waals surface area contributed by atoms with Crippen LogP contribution in [0.2, 0.25) is 0 Å². The molecule has 1 unspecified atom stereocenters. The molecule has 1 fully saturated rings. The van der Waals surface area contributed by atoms with Crippen LogP contribution in [0.5, 0.6) is 0 Å². The van der Waals surface area contributed by atoms with E-state index in [1.54, 1.807) is 0 Å². The fraction of sp³-hybridized carbons (Fsp3) is 0.588. The number of benzene rings is 1. The number of ether oxygens (including phenoxy) is 1. The van der Waals surface area contributed by atoms with Gasteiger partial charge in [0.1, 0.15) is 6.61 Å². The summed E-state index contributed by atoms with van der Waals surface area (Å²) >= 11 is 0. The van der Waals surface area contributed by atoms with Gasteiger partial charge < -0.3 is 9.64 Å². The number of amides is 1. The second-order valence-corrected chi connectivity index (χ2v) is 5.72. The van der Waals surface area contributed by atoms with Crippen molar-refractivity contribution < 1.29 is 9.53 Å². The summed E-state index contributed by atoms with van der Waals surface area (Å²) in [6.07, 6.45) is 3.47. The normalized spacial score (nSPS) is 15.9. The van der Waals surface area contributed by atoms with Crippen molar-refractivity contribution in [1.82, 2.24) is 4.90 Å². The maximum atomic E-state index is 12.4. The van der Waals surface area contributed by atoms with Crippen molar-refractivity contribution >= 4 is 5.91 Å². The highest BCUT2D eigenvalue weighted by molar-refractivity contribution is 5.77. The molecule has 1 aliphatic carbocycles. The van der Waals surface area contributed by atoms with Crippen LogP contribution >= 0.6 is 0 Å². The summed E-state index contributed by atoms with van der Waals surface area (Å²) in [7, 11) is 0. The minimum atomic E-state index is 0.101. The average Bonchev–Trinajstić information content (AvgIpc) is 3.29. The van der Waals surface area contributed by atoms with Crippen LogP contribution in [0.25, 0.3) is 0 Å². The lowest BCUT2D eigenvalue weighted by Crippen LogP contribution is -2.40. The third-order valence-corrected chi connectivity index (χ3v) is 3.91. The first-order valence-corrected chi connectivity index (χ1v) is 7.61. The van der Waals surface area contributed by atoms with Gasteiger partial charge in [0.25, 0.3) is 0 Å². The highest BCUT2D eigenvalue weighted by Gasteiger charge is 2.23. The van der Waals surface area contributed by atoms with Gasteiger partial charge in [-0.3, -0.25) is 4.79 Å². The Balaban J connectivity index is 1.89. The molecule has 0 heterocycles. The van der Waals surface area contributed by atoms with Crippen molar-refractivity contribution in [3.05, 3.63) is 35.9 Å². The third-order valence-electron chi connectivity index (χ3n) is 3.91. The fourth-order valence-electron chi connectivity index (χ4n) is 2.17. The van der Waals surface area contributed by atoms with Crippen molar-refractivity contribution in [3.63, 3.8) is 0 Å². The molecule has 0 radical (unpaired) electrons. The molecule has 1 saturated carbocycles. The van der Waals surface area contributed by atoms with Gasteiger partial charge in [-0.05, 0) is 37.7 Å². The van der Waals surface area contributed by atoms with Crippen LogP contribution in [0, 0.1) is 5.92 Å². The van der Waals surface area contributed by atoms with E-state index in [-0.39, 0.29) is 18.6 Å². The van der Waals surface area contributed by atoms with E-state index in [2.05, 4.69) is 26.0 Å². The smallest absolute Gasteiger partial charge is 0.249 e. The van der Waals surface area contributed by atoms with E-state index in [0.717, 1.165) is 13.0 Å². The summed E-state index contributed by atoms with van der Waals surface area (Å²) < 4.78 is 5.54. The maximum Gasteiger partial charge on any atom is 0.249 e. The lowest BCUT2D eigenvalue weighted by atomic mass is 10.1. The molecule has 1 aliphatic rings. The molecule has 1 aromatic rings. The van der Waals surface area contributed by atoms with Gasteiger partial charge in [-0.15, -0.1) is 0 Å². The molecular weight excluding hydrogens is 250 g/mol. The predicted octanol–water partition coefficient (Wildman–Crippen LogP) is 3.24. The molecule has 20 heavy (non-hydrogen) atoms. The van der Waals surface area contributed by atoms with Crippen molar-refractivity contribution in [2.24, 2.45) is 5.92 Å². The van der Waals surface area contributed by atoms with Crippen LogP contribution in [-0.2, 0) is 16.1 Å². The SMILES string of the molecule is CCC(C)N(Cc1ccccc1)C(=O)COCC1CC1. The molecule has 0 aliphatic heterocycles. The molecular formula is C17H25NO2. The number of hydrogen-bond donors (Lipinski definition) is 0. The molecule has 1 amide bonds. The van der Waals surface area contributed by atoms with Gasteiger partial charge in [-0.2, -0.15) is 0 Å². The van der Waals surface area contributed by atoms with Gasteiger partial charge in [0.15, 0.2) is 0 Å². The molecule has 1 atom stereocenters. The molecule has 0 spiro atoms. The Kier molecular flexibility index (Phi) is 5.60. The van der Waals surface area contributed by atoms with Crippen molar-refractivity contribution in [2.75, 3.05) is 13.2 Å². The summed E-state index contributed by atoms with van der Waals surface area (Å²) in [6, 6.07) is 10.4. The quantitative estimate of drug-likeness (QED) is 0.729. The second-order valence-electron chi connectivity index (χ2n) is 5.72. The van der Waals surface area contributed by atoms with E-state index in [1.807, 2.05) is 23.1 Å². The van der Waals surface area contributed by atoms with Gasteiger partial charge >= 0.3 is 0 Å². The van der Waals surface area contributed by atoms with E-state index < -0.39 is 0 Å². The minimum Gasteiger partial charge on any atom is -0.371 e. The Morgan fingerprint density at radius 3 is 2.65 bits per heavy atom. The average molecular weight is 275 g/mol. The molecule has 2 rings (SSSR count). The fourth-order valence-corrected chi connectivity index (χ4v) is 2.17. The summed E-state index contributed by atoms with van der Waals surface area (Å²) in [5.74, 6) is 0.804. The number of carbonyl (C=O) groups excluding carboxylic acids is 1. The Morgan fingerprint density at radius 1 is 1.35 bits per heavy atom. The summed E-state index contributed by atoms with van der Waals surface area (Å²) in [5.41, 5.74) is 1.17. The minimum absolute atomic E-state index is 0.101. The lowest BCUT2D eigenvalue weighted by Gasteiger charge is -2.28. The van der Waals surface area contributed by atoms with Gasteiger partial charge in [0.05, 0.1) is 6.61 Å². The van der Waals surface area contributed by atoms with E-state index >= 15 is 0 Å². The van der Waals surface area contributed by atoms with E-state index in [0.29, 0.717) is 12.5 Å². The van der Waals surface area contributed by atoms with Crippen LogP contribution in [-0.4, -0.2) is 30.1 Å². The monoisotopic (exact) mass is 275 g/mol. The summed E-state index contributed by atoms with van der Waals surface area (Å²) in [6.45, 7) is 5.84. The van der Waals surface area contributed by atoms with Crippen molar-refractivity contribution in [3.8, 4) is 0 Å². The zero-order valence-corrected chi connectivity index (χ0v) is 12.5. The van der Waals surface area contributed by atoms with Crippen LogP contribution in [0.3, 0.4) is 0 Å². The zero-order valence-electron chi connectivity index (χ0n) is 12.5. The Bertz CT molecular complexity index is 414. The molecule has 110 valence electrons. The molecule has 0 aromatic heterocycles. The second kappa shape index (κ2) is 7.44. The Morgan fingerprint density at radius 2 is 2.05 bits per heavy atom. The van der Waals surface area contributed by atoms with E-state index in [1.165, 1.54) is 18.4 Å². The highest BCUT2D eigenvalue weighted by Crippen LogP contribution is 2.28. The molecule has 3 heteroatoms. The standard InChI is InChI=1S/C17H25NO2/c1-3-14(2)18(11-15-7-5-4-6-8-15)17(19)13-20-12-16-9-10-16/h4-8,14,16H,3,9-13H2,1-2H3. The zero-order chi connectivity index (χ0) is 14.4. The Labute approximate surface area is 121 Å². The number of rotatable bonds is 8. The van der Waals surface area contributed by atoms with Gasteiger partial charge in [-0.1, -0.05) is 37.3 Å². The number of hydrogen-bond acceptors (Lipinski definition) is 2. The molecule has 1 aromatic carbocycles. The summed E-state index contributed by atoms with van der Waals surface area (Å²) in [4.78, 5) is 14.3. The maximum absolute atomic E-state index is 12.4. The van der Waals surface area contributed by atoms with Crippen molar-refractivity contribution in [1.29, 1.82) is 0 Å². The van der Waals surface area contributed by atoms with Crippen LogP contribution in [0.15, 0.2) is 30.3 Å². The lowest BCUT2D eigenvalue weighted by molar-refractivity contribution is -0.139. The highest BCUT2D eigenvalue weighted by atomic mass is 16.5. The molecule has 0 saturated heterocycles. The molecule has 3 nitrogen and oxygen atoms in total. The molecule has 0 N–H and O–H groups in total. The van der Waals surface area contributed by atoms with Crippen LogP contribution in [0.4, 0.5) is 0 Å².